The zero-order valence-electron chi connectivity index (χ0n) is 16.0. The van der Waals surface area contributed by atoms with Crippen LogP contribution in [-0.4, -0.2) is 50.9 Å². The molecule has 0 aromatic heterocycles. The molecule has 0 radical (unpaired) electrons. The van der Waals surface area contributed by atoms with Crippen molar-refractivity contribution in [3.63, 3.8) is 0 Å². The molecule has 0 aliphatic rings. The Labute approximate surface area is 141 Å². The molecular formula is C17H44NOSi2+. The van der Waals surface area contributed by atoms with E-state index >= 15 is 0 Å². The zero-order chi connectivity index (χ0) is 16.4. The van der Waals surface area contributed by atoms with Crippen LogP contribution in [-0.2, 0) is 4.12 Å². The Bertz CT molecular complexity index is 152. The van der Waals surface area contributed by atoms with E-state index in [1.165, 1.54) is 82.0 Å². The molecule has 0 saturated heterocycles. The highest BCUT2D eigenvalue weighted by atomic mass is 28.3. The highest BCUT2D eigenvalue weighted by Gasteiger charge is 2.24. The molecule has 0 aromatic rings. The Morgan fingerprint density at radius 1 is 0.714 bits per heavy atom. The highest BCUT2D eigenvalue weighted by Crippen LogP contribution is 2.16. The van der Waals surface area contributed by atoms with E-state index < -0.39 is 0 Å². The summed E-state index contributed by atoms with van der Waals surface area (Å²) in [6, 6.07) is 0. The molecule has 0 aliphatic carbocycles. The van der Waals surface area contributed by atoms with Crippen molar-refractivity contribution in [3.05, 3.63) is 0 Å². The minimum atomic E-state index is -0.0139. The van der Waals surface area contributed by atoms with Crippen LogP contribution in [0.2, 0.25) is 6.55 Å². The fourth-order valence-electron chi connectivity index (χ4n) is 2.64. The van der Waals surface area contributed by atoms with Gasteiger partial charge in [0, 0.05) is 0 Å². The molecule has 4 heteroatoms. The lowest BCUT2D eigenvalue weighted by molar-refractivity contribution is -0.929. The van der Waals surface area contributed by atoms with Gasteiger partial charge in [-0.05, 0) is 25.7 Å². The van der Waals surface area contributed by atoms with Crippen LogP contribution in [0, 0.1) is 0 Å². The summed E-state index contributed by atoms with van der Waals surface area (Å²) in [4.78, 5) is 0. The van der Waals surface area contributed by atoms with Crippen LogP contribution in [0.15, 0.2) is 0 Å². The SMILES string of the molecule is CCCC[N+](CCCC)(CCCC)CCCC.C[SiH2]O[SiH3]. The topological polar surface area (TPSA) is 9.23 Å². The maximum atomic E-state index is 4.82. The highest BCUT2D eigenvalue weighted by molar-refractivity contribution is 6.32. The summed E-state index contributed by atoms with van der Waals surface area (Å²) < 4.78 is 6.24. The van der Waals surface area contributed by atoms with Crippen molar-refractivity contribution in [2.45, 2.75) is 85.6 Å². The van der Waals surface area contributed by atoms with Crippen molar-refractivity contribution < 1.29 is 8.60 Å². The van der Waals surface area contributed by atoms with E-state index in [0.29, 0.717) is 0 Å². The standard InChI is InChI=1S/C16H36N.CH8OSi2/c1-5-9-13-17(14-10-6-2,15-11-7-3)16-12-8-4;1-4-2-3/h5-16H2,1-4H3;4H2,1,3H3/q+1;. The second-order valence-electron chi connectivity index (χ2n) is 6.23. The fraction of sp³-hybridized carbons (Fsp3) is 1.00. The first kappa shape index (κ1) is 23.6. The van der Waals surface area contributed by atoms with E-state index in [0.717, 1.165) is 10.5 Å². The maximum Gasteiger partial charge on any atom is 0.142 e. The molecule has 0 aliphatic heterocycles. The van der Waals surface area contributed by atoms with Crippen molar-refractivity contribution in [1.29, 1.82) is 0 Å². The molecule has 0 atom stereocenters. The Hall–Kier alpha value is 0.354. The third kappa shape index (κ3) is 15.0. The van der Waals surface area contributed by atoms with Crippen LogP contribution in [0.5, 0.6) is 0 Å². The monoisotopic (exact) mass is 334 g/mol. The average Bonchev–Trinajstić information content (AvgIpc) is 2.53. The van der Waals surface area contributed by atoms with Gasteiger partial charge in [-0.15, -0.1) is 0 Å². The van der Waals surface area contributed by atoms with Gasteiger partial charge in [0.1, 0.15) is 20.2 Å². The van der Waals surface area contributed by atoms with Crippen LogP contribution >= 0.6 is 0 Å². The summed E-state index contributed by atoms with van der Waals surface area (Å²) in [6.07, 6.45) is 11.1. The van der Waals surface area contributed by atoms with Gasteiger partial charge in [-0.25, -0.2) is 0 Å². The van der Waals surface area contributed by atoms with Gasteiger partial charge < -0.3 is 8.60 Å². The minimum absolute atomic E-state index is 0.0139. The quantitative estimate of drug-likeness (QED) is 0.370. The summed E-state index contributed by atoms with van der Waals surface area (Å²) in [5.41, 5.74) is 0. The number of hydrogen-bond donors (Lipinski definition) is 0. The first-order valence-corrected chi connectivity index (χ1v) is 12.3. The van der Waals surface area contributed by atoms with Gasteiger partial charge in [0.05, 0.1) is 26.2 Å². The smallest absolute Gasteiger partial charge is 0.142 e. The number of nitrogens with zero attached hydrogens (tertiary/aromatic N) is 1. The van der Waals surface area contributed by atoms with E-state index in [2.05, 4.69) is 34.2 Å². The molecule has 0 rings (SSSR count). The van der Waals surface area contributed by atoms with Crippen molar-refractivity contribution in [2.24, 2.45) is 0 Å². The third-order valence-corrected chi connectivity index (χ3v) is 6.54. The lowest BCUT2D eigenvalue weighted by Gasteiger charge is -2.39. The predicted molar refractivity (Wildman–Crippen MR) is 105 cm³/mol. The van der Waals surface area contributed by atoms with Gasteiger partial charge in [-0.2, -0.15) is 0 Å². The number of quaternary nitrogens is 1. The molecule has 0 unspecified atom stereocenters. The molecule has 0 fully saturated rings. The lowest BCUT2D eigenvalue weighted by Crippen LogP contribution is -2.50. The molecule has 0 bridgehead atoms. The molecule has 0 aromatic carbocycles. The summed E-state index contributed by atoms with van der Waals surface area (Å²) >= 11 is 0. The van der Waals surface area contributed by atoms with E-state index in [4.69, 9.17) is 4.12 Å². The Balaban J connectivity index is 0. The molecule has 0 N–H and O–H groups in total. The first-order valence-electron chi connectivity index (χ1n) is 9.50. The second-order valence-corrected chi connectivity index (χ2v) is 9.11. The molecule has 0 amide bonds. The summed E-state index contributed by atoms with van der Waals surface area (Å²) in [6.45, 7) is 17.2. The van der Waals surface area contributed by atoms with Crippen LogP contribution in [0.1, 0.15) is 79.1 Å². The van der Waals surface area contributed by atoms with E-state index in [1.807, 2.05) is 0 Å². The van der Waals surface area contributed by atoms with Crippen LogP contribution in [0.4, 0.5) is 0 Å². The fourth-order valence-corrected chi connectivity index (χ4v) is 2.64. The Morgan fingerprint density at radius 3 is 1.10 bits per heavy atom. The maximum absolute atomic E-state index is 4.82. The second kappa shape index (κ2) is 18.4. The molecule has 2 nitrogen and oxygen atoms in total. The van der Waals surface area contributed by atoms with Gasteiger partial charge in [0.15, 0.2) is 0 Å². The van der Waals surface area contributed by atoms with Crippen molar-refractivity contribution in [3.8, 4) is 0 Å². The number of hydrogen-bond acceptors (Lipinski definition) is 1. The van der Waals surface area contributed by atoms with Gasteiger partial charge in [-0.3, -0.25) is 0 Å². The van der Waals surface area contributed by atoms with Crippen LogP contribution < -0.4 is 0 Å². The minimum Gasteiger partial charge on any atom is -0.468 e. The molecule has 21 heavy (non-hydrogen) atoms. The molecule has 0 spiro atoms. The Kier molecular flexibility index (Phi) is 20.7. The average molecular weight is 335 g/mol. The first-order chi connectivity index (χ1) is 10.2. The van der Waals surface area contributed by atoms with Gasteiger partial charge in [0.2, 0.25) is 0 Å². The largest absolute Gasteiger partial charge is 0.468 e. The zero-order valence-corrected chi connectivity index (χ0v) is 19.5. The van der Waals surface area contributed by atoms with E-state index in [-0.39, 0.29) is 9.76 Å². The van der Waals surface area contributed by atoms with Crippen molar-refractivity contribution in [1.82, 2.24) is 0 Å². The van der Waals surface area contributed by atoms with Crippen LogP contribution in [0.25, 0.3) is 0 Å². The van der Waals surface area contributed by atoms with E-state index in [1.54, 1.807) is 0 Å². The molecule has 130 valence electrons. The molecular weight excluding hydrogens is 290 g/mol. The molecule has 0 heterocycles. The number of unbranched alkanes of at least 4 members (excludes halogenated alkanes) is 4. The summed E-state index contributed by atoms with van der Waals surface area (Å²) in [5, 5.41) is 0. The van der Waals surface area contributed by atoms with Gasteiger partial charge in [-0.1, -0.05) is 59.9 Å². The van der Waals surface area contributed by atoms with Gasteiger partial charge in [0.25, 0.3) is 0 Å². The number of rotatable bonds is 13. The summed E-state index contributed by atoms with van der Waals surface area (Å²) in [5.74, 6) is 0. The van der Waals surface area contributed by atoms with Crippen LogP contribution in [0.3, 0.4) is 0 Å². The van der Waals surface area contributed by atoms with E-state index in [9.17, 15) is 0 Å². The van der Waals surface area contributed by atoms with Gasteiger partial charge >= 0.3 is 0 Å². The summed E-state index contributed by atoms with van der Waals surface area (Å²) in [7, 11) is 0.938. The van der Waals surface area contributed by atoms with Crippen molar-refractivity contribution >= 4 is 20.2 Å². The molecule has 0 saturated carbocycles. The predicted octanol–water partition coefficient (Wildman–Crippen LogP) is 3.42. The van der Waals surface area contributed by atoms with Crippen molar-refractivity contribution in [2.75, 3.05) is 26.2 Å². The third-order valence-electron chi connectivity index (χ3n) is 4.23. The lowest BCUT2D eigenvalue weighted by atomic mass is 10.1. The normalized spacial score (nSPS) is 11.9. The Morgan fingerprint density at radius 2 is 0.952 bits per heavy atom.